The predicted octanol–water partition coefficient (Wildman–Crippen LogP) is 3.31. The number of hydrogen-bond acceptors (Lipinski definition) is 1. The van der Waals surface area contributed by atoms with E-state index in [1.54, 1.807) is 0 Å². The van der Waals surface area contributed by atoms with Crippen molar-refractivity contribution in [1.82, 2.24) is 0 Å². The Morgan fingerprint density at radius 1 is 1.17 bits per heavy atom. The van der Waals surface area contributed by atoms with Crippen molar-refractivity contribution in [2.45, 2.75) is 42.6 Å². The number of allylic oxidation sites excluding steroid dienone is 1. The van der Waals surface area contributed by atoms with Crippen molar-refractivity contribution in [3.05, 3.63) is 12.2 Å². The van der Waals surface area contributed by atoms with Crippen LogP contribution in [0, 0.1) is 5.92 Å². The van der Waals surface area contributed by atoms with Crippen molar-refractivity contribution in [2.24, 2.45) is 5.92 Å². The van der Waals surface area contributed by atoms with E-state index in [1.165, 1.54) is 12.8 Å². The molecule has 0 amide bonds. The minimum Gasteiger partial charge on any atom is -0.153 e. The van der Waals surface area contributed by atoms with E-state index in [9.17, 15) is 0 Å². The smallest absolute Gasteiger partial charge is 0.0595 e. The fourth-order valence-corrected chi connectivity index (χ4v) is 7.30. The van der Waals surface area contributed by atoms with E-state index in [2.05, 4.69) is 43.6 Å². The lowest BCUT2D eigenvalue weighted by Crippen LogP contribution is -2.45. The highest BCUT2D eigenvalue weighted by Gasteiger charge is 2.39. The van der Waals surface area contributed by atoms with Crippen molar-refractivity contribution in [3.8, 4) is 0 Å². The highest BCUT2D eigenvalue weighted by atomic mass is 32.2. The Morgan fingerprint density at radius 3 is 2.17 bits per heavy atom. The Bertz CT molecular complexity index is 204. The monoisotopic (exact) mass is 198 g/mol. The van der Waals surface area contributed by atoms with Crippen molar-refractivity contribution in [2.75, 3.05) is 0 Å². The van der Waals surface area contributed by atoms with Crippen molar-refractivity contribution < 1.29 is 0 Å². The van der Waals surface area contributed by atoms with Crippen LogP contribution in [0.4, 0.5) is 0 Å². The second-order valence-electron chi connectivity index (χ2n) is 5.09. The molecule has 3 rings (SSSR count). The Labute approximate surface area is 80.8 Å². The molecule has 1 saturated heterocycles. The van der Waals surface area contributed by atoms with Gasteiger partial charge in [0.15, 0.2) is 0 Å². The lowest BCUT2D eigenvalue weighted by molar-refractivity contribution is 0.548. The Hall–Kier alpha value is 0.307. The second-order valence-corrected chi connectivity index (χ2v) is 12.2. The van der Waals surface area contributed by atoms with Crippen LogP contribution in [-0.2, 0) is 0 Å². The summed E-state index contributed by atoms with van der Waals surface area (Å²) in [7, 11) is -0.898. The molecule has 0 nitrogen and oxygen atoms in total. The van der Waals surface area contributed by atoms with Crippen LogP contribution in [0.1, 0.15) is 12.8 Å². The third-order valence-corrected chi connectivity index (χ3v) is 8.97. The number of rotatable bonds is 1. The maximum absolute atomic E-state index is 2.51. The lowest BCUT2D eigenvalue weighted by atomic mass is 9.96. The summed E-state index contributed by atoms with van der Waals surface area (Å²) >= 11 is 2.26. The predicted molar refractivity (Wildman–Crippen MR) is 60.4 cm³/mol. The maximum atomic E-state index is 2.51. The fraction of sp³-hybridized carbons (Fsp3) is 0.800. The first-order valence-electron chi connectivity index (χ1n) is 4.91. The summed E-state index contributed by atoms with van der Waals surface area (Å²) < 4.78 is 0. The molecule has 0 radical (unpaired) electrons. The normalized spacial score (nSPS) is 40.4. The van der Waals surface area contributed by atoms with E-state index in [4.69, 9.17) is 0 Å². The number of fused-ring (bicyclic) bond motifs is 2. The quantitative estimate of drug-likeness (QED) is 0.460. The maximum Gasteiger partial charge on any atom is 0.0595 e. The number of thioether (sulfide) groups is 1. The van der Waals surface area contributed by atoms with Gasteiger partial charge in [0, 0.05) is 10.1 Å². The van der Waals surface area contributed by atoms with Gasteiger partial charge < -0.3 is 0 Å². The van der Waals surface area contributed by atoms with Gasteiger partial charge in [0.2, 0.25) is 0 Å². The molecule has 1 fully saturated rings. The minimum absolute atomic E-state index is 0.867. The van der Waals surface area contributed by atoms with E-state index in [0.717, 1.165) is 16.0 Å². The van der Waals surface area contributed by atoms with Gasteiger partial charge >= 0.3 is 0 Å². The average molecular weight is 198 g/mol. The van der Waals surface area contributed by atoms with Crippen LogP contribution in [0.25, 0.3) is 0 Å². The first-order chi connectivity index (χ1) is 5.57. The van der Waals surface area contributed by atoms with Crippen molar-refractivity contribution in [3.63, 3.8) is 0 Å². The Morgan fingerprint density at radius 2 is 1.92 bits per heavy atom. The minimum atomic E-state index is -0.898. The van der Waals surface area contributed by atoms with Gasteiger partial charge in [-0.05, 0) is 18.8 Å². The third-order valence-electron chi connectivity index (χ3n) is 2.92. The molecular weight excluding hydrogens is 180 g/mol. The molecule has 0 aromatic heterocycles. The molecule has 0 spiro atoms. The van der Waals surface area contributed by atoms with Crippen LogP contribution in [0.3, 0.4) is 0 Å². The topological polar surface area (TPSA) is 0 Å². The van der Waals surface area contributed by atoms with Gasteiger partial charge in [-0.25, -0.2) is 0 Å². The van der Waals surface area contributed by atoms with Crippen LogP contribution < -0.4 is 0 Å². The summed E-state index contributed by atoms with van der Waals surface area (Å²) in [5.74, 6) is 0.923. The van der Waals surface area contributed by atoms with Crippen molar-refractivity contribution in [1.29, 1.82) is 0 Å². The molecule has 2 heteroatoms. The largest absolute Gasteiger partial charge is 0.153 e. The molecule has 0 N–H and O–H groups in total. The molecule has 0 saturated carbocycles. The molecular formula is C10H18SSi. The van der Waals surface area contributed by atoms with Gasteiger partial charge in [-0.1, -0.05) is 31.8 Å². The first-order valence-corrected chi connectivity index (χ1v) is 9.43. The molecule has 0 aromatic rings. The molecule has 12 heavy (non-hydrogen) atoms. The summed E-state index contributed by atoms with van der Waals surface area (Å²) in [6, 6.07) is 0. The fourth-order valence-electron chi connectivity index (χ4n) is 2.32. The van der Waals surface area contributed by atoms with Gasteiger partial charge in [-0.15, -0.1) is 0 Å². The highest BCUT2D eigenvalue weighted by Crippen LogP contribution is 2.45. The summed E-state index contributed by atoms with van der Waals surface area (Å²) in [6.07, 6.45) is 7.83. The van der Waals surface area contributed by atoms with Gasteiger partial charge in [0.25, 0.3) is 0 Å². The van der Waals surface area contributed by atoms with Gasteiger partial charge in [0.1, 0.15) is 0 Å². The zero-order valence-electron chi connectivity index (χ0n) is 8.21. The van der Waals surface area contributed by atoms with Crippen molar-refractivity contribution >= 4 is 19.8 Å². The van der Waals surface area contributed by atoms with E-state index in [-0.39, 0.29) is 0 Å². The van der Waals surface area contributed by atoms with E-state index in [0.29, 0.717) is 0 Å². The van der Waals surface area contributed by atoms with Crippen LogP contribution in [0.15, 0.2) is 12.2 Å². The first kappa shape index (κ1) is 8.89. The molecule has 2 heterocycles. The number of hydrogen-bond donors (Lipinski definition) is 0. The van der Waals surface area contributed by atoms with Gasteiger partial charge in [-0.2, -0.15) is 11.8 Å². The van der Waals surface area contributed by atoms with E-state index >= 15 is 0 Å². The van der Waals surface area contributed by atoms with Crippen LogP contribution in [-0.4, -0.2) is 18.2 Å². The summed E-state index contributed by atoms with van der Waals surface area (Å²) in [5.41, 5.74) is 0. The Kier molecular flexibility index (Phi) is 2.16. The second kappa shape index (κ2) is 2.91. The average Bonchev–Trinajstić information content (AvgIpc) is 2.05. The van der Waals surface area contributed by atoms with E-state index < -0.39 is 8.07 Å². The third kappa shape index (κ3) is 1.51. The molecule has 68 valence electrons. The van der Waals surface area contributed by atoms with Crippen LogP contribution in [0.5, 0.6) is 0 Å². The standard InChI is InChI=1S/C10H18SSi/c1-12(2,3)10-8-4-6-9(11-10)7-5-8/h4,6,8-10H,5,7H2,1-3H3. The lowest BCUT2D eigenvalue weighted by Gasteiger charge is -2.43. The van der Waals surface area contributed by atoms with Crippen LogP contribution in [0.2, 0.25) is 19.6 Å². The van der Waals surface area contributed by atoms with Crippen LogP contribution >= 0.6 is 11.8 Å². The summed E-state index contributed by atoms with van der Waals surface area (Å²) in [6.45, 7) is 7.54. The summed E-state index contributed by atoms with van der Waals surface area (Å²) in [5, 5.41) is 0.867. The van der Waals surface area contributed by atoms with E-state index in [1.807, 2.05) is 0 Å². The van der Waals surface area contributed by atoms with Gasteiger partial charge in [-0.3, -0.25) is 0 Å². The zero-order chi connectivity index (χ0) is 8.77. The molecule has 3 aliphatic rings. The Balaban J connectivity index is 2.16. The SMILES string of the molecule is C[Si](C)(C)C1SC2C=CC1CC2. The summed E-state index contributed by atoms with van der Waals surface area (Å²) in [4.78, 5) is 1.00. The zero-order valence-corrected chi connectivity index (χ0v) is 10.0. The molecule has 0 aromatic carbocycles. The molecule has 2 bridgehead atoms. The molecule has 3 unspecified atom stereocenters. The molecule has 1 aliphatic carbocycles. The molecule has 2 aliphatic heterocycles. The van der Waals surface area contributed by atoms with Gasteiger partial charge in [0.05, 0.1) is 8.07 Å². The highest BCUT2D eigenvalue weighted by molar-refractivity contribution is 8.02. The molecule has 3 atom stereocenters.